The molecule has 0 bridgehead atoms. The van der Waals surface area contributed by atoms with Crippen LogP contribution in [0.1, 0.15) is 0 Å². The zero-order valence-electron chi connectivity index (χ0n) is 9.75. The summed E-state index contributed by atoms with van der Waals surface area (Å²) < 4.78 is 25.3. The molecule has 0 unspecified atom stereocenters. The van der Waals surface area contributed by atoms with Crippen LogP contribution in [0, 0.1) is 0 Å². The average molecular weight is 254 g/mol. The number of rotatable bonds is 12. The lowest BCUT2D eigenvalue weighted by Crippen LogP contribution is -2.33. The van der Waals surface area contributed by atoms with Gasteiger partial charge < -0.3 is 46.6 Å². The predicted molar refractivity (Wildman–Crippen MR) is 59.0 cm³/mol. The summed E-state index contributed by atoms with van der Waals surface area (Å²) in [5.74, 6) is 0. The van der Waals surface area contributed by atoms with Crippen molar-refractivity contribution >= 4 is 0 Å². The third kappa shape index (κ3) is 9.35. The molecular formula is C8H22N4O5. The Kier molecular flexibility index (Phi) is 11.8. The second-order valence-corrected chi connectivity index (χ2v) is 2.73. The summed E-state index contributed by atoms with van der Waals surface area (Å²) in [6, 6.07) is 0. The van der Waals surface area contributed by atoms with Gasteiger partial charge in [0.25, 0.3) is 0 Å². The Morgan fingerprint density at radius 2 is 0.882 bits per heavy atom. The van der Waals surface area contributed by atoms with E-state index in [-0.39, 0.29) is 40.1 Å². The van der Waals surface area contributed by atoms with Gasteiger partial charge in [-0.3, -0.25) is 0 Å². The largest absolute Gasteiger partial charge is 0.371 e. The van der Waals surface area contributed by atoms with Crippen molar-refractivity contribution in [1.29, 1.82) is 0 Å². The van der Waals surface area contributed by atoms with Crippen LogP contribution in [0.25, 0.3) is 0 Å². The molecule has 9 heteroatoms. The minimum atomic E-state index is -0.624. The molecule has 0 aromatic carbocycles. The fourth-order valence-electron chi connectivity index (χ4n) is 0.978. The normalized spacial score (nSPS) is 11.6. The monoisotopic (exact) mass is 254 g/mol. The molecule has 0 saturated heterocycles. The summed E-state index contributed by atoms with van der Waals surface area (Å²) in [6.07, 6.45) is -1.25. The first kappa shape index (κ1) is 16.6. The van der Waals surface area contributed by atoms with Gasteiger partial charge in [0.05, 0.1) is 40.1 Å². The molecule has 0 heterocycles. The van der Waals surface area contributed by atoms with E-state index in [1.54, 1.807) is 0 Å². The highest BCUT2D eigenvalue weighted by atomic mass is 16.7. The van der Waals surface area contributed by atoms with Gasteiger partial charge in [-0.05, 0) is 0 Å². The van der Waals surface area contributed by atoms with Crippen molar-refractivity contribution in [2.24, 2.45) is 22.9 Å². The molecule has 0 aliphatic carbocycles. The van der Waals surface area contributed by atoms with Crippen LogP contribution in [-0.4, -0.2) is 52.7 Å². The molecule has 0 radical (unpaired) electrons. The Labute approximate surface area is 100 Å². The minimum absolute atomic E-state index is 0.00998. The van der Waals surface area contributed by atoms with E-state index in [1.807, 2.05) is 0 Å². The molecule has 9 nitrogen and oxygen atoms in total. The highest BCUT2D eigenvalue weighted by Crippen LogP contribution is 1.98. The summed E-state index contributed by atoms with van der Waals surface area (Å²) in [5, 5.41) is 0. The molecular weight excluding hydrogens is 232 g/mol. The summed E-state index contributed by atoms with van der Waals surface area (Å²) in [7, 11) is 0. The van der Waals surface area contributed by atoms with Gasteiger partial charge in [0.2, 0.25) is 0 Å². The van der Waals surface area contributed by atoms with Crippen LogP contribution in [-0.2, 0) is 23.7 Å². The summed E-state index contributed by atoms with van der Waals surface area (Å²) >= 11 is 0. The lowest BCUT2D eigenvalue weighted by atomic mass is 10.6. The first-order chi connectivity index (χ1) is 8.28. The summed E-state index contributed by atoms with van der Waals surface area (Å²) in [4.78, 5) is 0. The van der Waals surface area contributed by atoms with Crippen LogP contribution in [0.2, 0.25) is 0 Å². The molecule has 0 spiro atoms. The Bertz CT molecular complexity index is 137. The third-order valence-corrected chi connectivity index (χ3v) is 1.64. The smallest absolute Gasteiger partial charge is 0.184 e. The number of nitrogens with two attached hydrogens (primary N) is 4. The fraction of sp³-hybridized carbons (Fsp3) is 1.00. The van der Waals surface area contributed by atoms with Gasteiger partial charge in [0, 0.05) is 0 Å². The van der Waals surface area contributed by atoms with Gasteiger partial charge in [0.15, 0.2) is 12.6 Å². The molecule has 17 heavy (non-hydrogen) atoms. The molecule has 0 fully saturated rings. The van der Waals surface area contributed by atoms with E-state index < -0.39 is 12.6 Å². The van der Waals surface area contributed by atoms with E-state index in [4.69, 9.17) is 46.6 Å². The SMILES string of the molecule is NCOC(COCC(OCN)OCN)OCN. The maximum absolute atomic E-state index is 5.25. The first-order valence-corrected chi connectivity index (χ1v) is 5.12. The van der Waals surface area contributed by atoms with Crippen molar-refractivity contribution in [2.45, 2.75) is 12.6 Å². The zero-order chi connectivity index (χ0) is 12.9. The van der Waals surface area contributed by atoms with Gasteiger partial charge in [-0.2, -0.15) is 0 Å². The predicted octanol–water partition coefficient (Wildman–Crippen LogP) is -2.61. The first-order valence-electron chi connectivity index (χ1n) is 5.12. The van der Waals surface area contributed by atoms with E-state index in [9.17, 15) is 0 Å². The van der Waals surface area contributed by atoms with Gasteiger partial charge >= 0.3 is 0 Å². The van der Waals surface area contributed by atoms with E-state index in [0.29, 0.717) is 0 Å². The number of hydrogen-bond acceptors (Lipinski definition) is 9. The van der Waals surface area contributed by atoms with E-state index in [0.717, 1.165) is 0 Å². The van der Waals surface area contributed by atoms with Crippen molar-refractivity contribution in [3.63, 3.8) is 0 Å². The van der Waals surface area contributed by atoms with Crippen molar-refractivity contribution in [2.75, 3.05) is 40.1 Å². The molecule has 0 aliphatic rings. The van der Waals surface area contributed by atoms with Gasteiger partial charge in [-0.25, -0.2) is 0 Å². The standard InChI is InChI=1S/C8H22N4O5/c9-3-14-7(15-4-10)1-13-2-8(16-5-11)17-6-12/h7-8H,1-6,9-12H2. The van der Waals surface area contributed by atoms with Crippen LogP contribution in [0.4, 0.5) is 0 Å². The minimum Gasteiger partial charge on any atom is -0.371 e. The maximum Gasteiger partial charge on any atom is 0.184 e. The Morgan fingerprint density at radius 1 is 0.588 bits per heavy atom. The van der Waals surface area contributed by atoms with Crippen molar-refractivity contribution in [3.05, 3.63) is 0 Å². The van der Waals surface area contributed by atoms with Crippen LogP contribution in [0.3, 0.4) is 0 Å². The number of hydrogen-bond donors (Lipinski definition) is 4. The Morgan fingerprint density at radius 3 is 1.12 bits per heavy atom. The molecule has 0 atom stereocenters. The van der Waals surface area contributed by atoms with E-state index in [1.165, 1.54) is 0 Å². The molecule has 0 aliphatic heterocycles. The molecule has 0 aromatic rings. The van der Waals surface area contributed by atoms with Crippen molar-refractivity contribution in [3.8, 4) is 0 Å². The topological polar surface area (TPSA) is 150 Å². The van der Waals surface area contributed by atoms with Gasteiger partial charge in [-0.15, -0.1) is 0 Å². The molecule has 0 amide bonds. The summed E-state index contributed by atoms with van der Waals surface area (Å²) in [6.45, 7) is 0.331. The second kappa shape index (κ2) is 12.1. The third-order valence-electron chi connectivity index (χ3n) is 1.64. The zero-order valence-corrected chi connectivity index (χ0v) is 9.75. The van der Waals surface area contributed by atoms with Gasteiger partial charge in [-0.1, -0.05) is 0 Å². The van der Waals surface area contributed by atoms with Crippen molar-refractivity contribution in [1.82, 2.24) is 0 Å². The lowest BCUT2D eigenvalue weighted by molar-refractivity contribution is -0.204. The molecule has 0 saturated carbocycles. The highest BCUT2D eigenvalue weighted by Gasteiger charge is 2.12. The maximum atomic E-state index is 5.25. The molecule has 8 N–H and O–H groups in total. The quantitative estimate of drug-likeness (QED) is 0.274. The molecule has 0 rings (SSSR count). The van der Waals surface area contributed by atoms with Crippen molar-refractivity contribution < 1.29 is 23.7 Å². The van der Waals surface area contributed by atoms with Crippen LogP contribution < -0.4 is 22.9 Å². The molecule has 0 aromatic heterocycles. The van der Waals surface area contributed by atoms with Crippen LogP contribution in [0.15, 0.2) is 0 Å². The Hall–Kier alpha value is -0.360. The Balaban J connectivity index is 3.73. The average Bonchev–Trinajstić information content (AvgIpc) is 2.30. The summed E-state index contributed by atoms with van der Waals surface area (Å²) in [5.41, 5.74) is 20.8. The van der Waals surface area contributed by atoms with Gasteiger partial charge in [0.1, 0.15) is 0 Å². The van der Waals surface area contributed by atoms with E-state index >= 15 is 0 Å². The van der Waals surface area contributed by atoms with E-state index in [2.05, 4.69) is 0 Å². The fourth-order valence-corrected chi connectivity index (χ4v) is 0.978. The van der Waals surface area contributed by atoms with Crippen LogP contribution in [0.5, 0.6) is 0 Å². The number of ether oxygens (including phenoxy) is 5. The molecule has 104 valence electrons. The lowest BCUT2D eigenvalue weighted by Gasteiger charge is -2.19. The van der Waals surface area contributed by atoms with Crippen LogP contribution >= 0.6 is 0 Å². The highest BCUT2D eigenvalue weighted by molar-refractivity contribution is 4.45. The second-order valence-electron chi connectivity index (χ2n) is 2.73.